The molecule has 12 heavy (non-hydrogen) atoms. The van der Waals surface area contributed by atoms with E-state index in [-0.39, 0.29) is 0 Å². The van der Waals surface area contributed by atoms with Crippen molar-refractivity contribution in [3.63, 3.8) is 0 Å². The lowest BCUT2D eigenvalue weighted by molar-refractivity contribution is 0.254. The Morgan fingerprint density at radius 2 is 0.917 bits per heavy atom. The van der Waals surface area contributed by atoms with Gasteiger partial charge in [-0.2, -0.15) is 0 Å². The van der Waals surface area contributed by atoms with E-state index in [1.165, 1.54) is 0 Å². The highest BCUT2D eigenvalue weighted by molar-refractivity contribution is 5.04. The first-order valence-corrected chi connectivity index (χ1v) is 5.15. The standard InChI is InChI=1S/C12H24/c1-8-9(11(2,3)4)10(8)12(5,6)7/h8-10H,1-7H3. The van der Waals surface area contributed by atoms with Crippen LogP contribution in [0.25, 0.3) is 0 Å². The summed E-state index contributed by atoms with van der Waals surface area (Å²) in [5.41, 5.74) is 1.02. The van der Waals surface area contributed by atoms with Gasteiger partial charge >= 0.3 is 0 Å². The molecule has 0 saturated heterocycles. The molecule has 1 saturated carbocycles. The summed E-state index contributed by atoms with van der Waals surface area (Å²) in [6, 6.07) is 0. The van der Waals surface area contributed by atoms with Crippen LogP contribution in [0.1, 0.15) is 48.5 Å². The number of hydrogen-bond donors (Lipinski definition) is 0. The lowest BCUT2D eigenvalue weighted by Crippen LogP contribution is -2.16. The minimum absolute atomic E-state index is 0.511. The van der Waals surface area contributed by atoms with E-state index in [1.807, 2.05) is 0 Å². The lowest BCUT2D eigenvalue weighted by Gasteiger charge is -2.24. The normalized spacial score (nSPS) is 36.8. The predicted octanol–water partition coefficient (Wildman–Crippen LogP) is 3.96. The largest absolute Gasteiger partial charge is 0.0619 e. The number of hydrogen-bond acceptors (Lipinski definition) is 0. The highest BCUT2D eigenvalue weighted by atomic mass is 14.6. The van der Waals surface area contributed by atoms with Gasteiger partial charge in [0.05, 0.1) is 0 Å². The maximum absolute atomic E-state index is 2.41. The highest BCUT2D eigenvalue weighted by Crippen LogP contribution is 2.62. The molecular weight excluding hydrogens is 144 g/mol. The summed E-state index contributed by atoms with van der Waals surface area (Å²) >= 11 is 0. The minimum atomic E-state index is 0.511. The SMILES string of the molecule is CC1C(C(C)(C)C)C1C(C)(C)C. The molecule has 1 aliphatic carbocycles. The third-order valence-corrected chi connectivity index (χ3v) is 3.38. The third kappa shape index (κ3) is 1.67. The zero-order chi connectivity index (χ0) is 9.73. The Kier molecular flexibility index (Phi) is 2.10. The molecule has 0 heteroatoms. The molecule has 2 atom stereocenters. The molecule has 72 valence electrons. The summed E-state index contributed by atoms with van der Waals surface area (Å²) in [5, 5.41) is 0. The topological polar surface area (TPSA) is 0 Å². The van der Waals surface area contributed by atoms with Crippen LogP contribution in [0.3, 0.4) is 0 Å². The molecule has 0 N–H and O–H groups in total. The average molecular weight is 168 g/mol. The first-order valence-electron chi connectivity index (χ1n) is 5.15. The fourth-order valence-corrected chi connectivity index (χ4v) is 3.12. The van der Waals surface area contributed by atoms with Crippen LogP contribution in [0.2, 0.25) is 0 Å². The van der Waals surface area contributed by atoms with Crippen molar-refractivity contribution in [3.8, 4) is 0 Å². The quantitative estimate of drug-likeness (QED) is 0.513. The van der Waals surface area contributed by atoms with E-state index in [4.69, 9.17) is 0 Å². The zero-order valence-corrected chi connectivity index (χ0v) is 9.73. The zero-order valence-electron chi connectivity index (χ0n) is 9.73. The molecule has 0 heterocycles. The van der Waals surface area contributed by atoms with E-state index >= 15 is 0 Å². The smallest absolute Gasteiger partial charge is 0.0301 e. The maximum Gasteiger partial charge on any atom is -0.0301 e. The van der Waals surface area contributed by atoms with Crippen molar-refractivity contribution in [2.24, 2.45) is 28.6 Å². The monoisotopic (exact) mass is 168 g/mol. The van der Waals surface area contributed by atoms with Crippen LogP contribution in [0, 0.1) is 28.6 Å². The molecule has 1 aliphatic rings. The minimum Gasteiger partial charge on any atom is -0.0619 e. The molecule has 1 rings (SSSR count). The second kappa shape index (κ2) is 2.49. The molecule has 0 amide bonds. The van der Waals surface area contributed by atoms with Crippen LogP contribution >= 0.6 is 0 Å². The van der Waals surface area contributed by atoms with Crippen LogP contribution in [0.5, 0.6) is 0 Å². The van der Waals surface area contributed by atoms with Gasteiger partial charge in [0.25, 0.3) is 0 Å². The van der Waals surface area contributed by atoms with Crippen molar-refractivity contribution in [1.82, 2.24) is 0 Å². The van der Waals surface area contributed by atoms with Gasteiger partial charge in [-0.3, -0.25) is 0 Å². The molecular formula is C12H24. The summed E-state index contributed by atoms with van der Waals surface area (Å²) in [6.07, 6.45) is 0. The van der Waals surface area contributed by atoms with Gasteiger partial charge in [-0.25, -0.2) is 0 Å². The van der Waals surface area contributed by atoms with Gasteiger partial charge in [0, 0.05) is 0 Å². The Morgan fingerprint density at radius 1 is 0.667 bits per heavy atom. The summed E-state index contributed by atoms with van der Waals surface area (Å²) in [4.78, 5) is 0. The van der Waals surface area contributed by atoms with Crippen molar-refractivity contribution < 1.29 is 0 Å². The van der Waals surface area contributed by atoms with Gasteiger partial charge in [0.15, 0.2) is 0 Å². The Labute approximate surface area is 77.7 Å². The second-order valence-corrected chi connectivity index (χ2v) is 6.64. The van der Waals surface area contributed by atoms with Crippen molar-refractivity contribution in [1.29, 1.82) is 0 Å². The second-order valence-electron chi connectivity index (χ2n) is 6.64. The van der Waals surface area contributed by atoms with E-state index < -0.39 is 0 Å². The fourth-order valence-electron chi connectivity index (χ4n) is 3.12. The molecule has 0 aromatic rings. The van der Waals surface area contributed by atoms with Crippen molar-refractivity contribution in [3.05, 3.63) is 0 Å². The molecule has 0 nitrogen and oxygen atoms in total. The molecule has 0 aromatic carbocycles. The third-order valence-electron chi connectivity index (χ3n) is 3.38. The Bertz CT molecular complexity index is 145. The van der Waals surface area contributed by atoms with Crippen molar-refractivity contribution in [2.75, 3.05) is 0 Å². The van der Waals surface area contributed by atoms with Gasteiger partial charge in [-0.15, -0.1) is 0 Å². The van der Waals surface area contributed by atoms with Crippen LogP contribution in [0.15, 0.2) is 0 Å². The summed E-state index contributed by atoms with van der Waals surface area (Å²) in [5.74, 6) is 2.82. The van der Waals surface area contributed by atoms with E-state index in [9.17, 15) is 0 Å². The van der Waals surface area contributed by atoms with Crippen molar-refractivity contribution >= 4 is 0 Å². The van der Waals surface area contributed by atoms with Gasteiger partial charge in [0.1, 0.15) is 0 Å². The number of rotatable bonds is 0. The molecule has 0 spiro atoms. The Balaban J connectivity index is 2.67. The first kappa shape index (κ1) is 10.1. The lowest BCUT2D eigenvalue weighted by atomic mass is 9.81. The van der Waals surface area contributed by atoms with Crippen molar-refractivity contribution in [2.45, 2.75) is 48.5 Å². The van der Waals surface area contributed by atoms with Crippen LogP contribution < -0.4 is 0 Å². The summed E-state index contributed by atoms with van der Waals surface area (Å²) in [7, 11) is 0. The fraction of sp³-hybridized carbons (Fsp3) is 1.00. The van der Waals surface area contributed by atoms with E-state index in [0.29, 0.717) is 10.8 Å². The van der Waals surface area contributed by atoms with Crippen LogP contribution in [0.4, 0.5) is 0 Å². The molecule has 0 aliphatic heterocycles. The van der Waals surface area contributed by atoms with Crippen LogP contribution in [-0.4, -0.2) is 0 Å². The summed E-state index contributed by atoms with van der Waals surface area (Å²) in [6.45, 7) is 16.7. The van der Waals surface area contributed by atoms with E-state index in [0.717, 1.165) is 17.8 Å². The van der Waals surface area contributed by atoms with Gasteiger partial charge in [0.2, 0.25) is 0 Å². The average Bonchev–Trinajstić information content (AvgIpc) is 2.35. The highest BCUT2D eigenvalue weighted by Gasteiger charge is 2.57. The van der Waals surface area contributed by atoms with E-state index in [2.05, 4.69) is 48.5 Å². The maximum atomic E-state index is 2.41. The van der Waals surface area contributed by atoms with Gasteiger partial charge < -0.3 is 0 Å². The predicted molar refractivity (Wildman–Crippen MR) is 55.1 cm³/mol. The van der Waals surface area contributed by atoms with Gasteiger partial charge in [-0.1, -0.05) is 48.5 Å². The Hall–Kier alpha value is 0. The Morgan fingerprint density at radius 3 is 1.00 bits per heavy atom. The van der Waals surface area contributed by atoms with E-state index in [1.54, 1.807) is 0 Å². The molecule has 1 fully saturated rings. The molecule has 0 bridgehead atoms. The van der Waals surface area contributed by atoms with Crippen LogP contribution in [-0.2, 0) is 0 Å². The summed E-state index contributed by atoms with van der Waals surface area (Å²) < 4.78 is 0. The molecule has 0 radical (unpaired) electrons. The molecule has 0 aromatic heterocycles. The molecule has 2 unspecified atom stereocenters. The first-order chi connectivity index (χ1) is 5.15. The van der Waals surface area contributed by atoms with Gasteiger partial charge in [-0.05, 0) is 28.6 Å².